The molecule has 1 N–H and O–H groups in total. The average molecular weight is 467 g/mol. The molecule has 0 spiro atoms. The maximum atomic E-state index is 13.2. The molecule has 0 fully saturated rings. The topological polar surface area (TPSA) is 112 Å². The fourth-order valence-electron chi connectivity index (χ4n) is 3.09. The number of nitrogens with one attached hydrogen (secondary N) is 1. The summed E-state index contributed by atoms with van der Waals surface area (Å²) in [6.45, 7) is 0.161. The highest BCUT2D eigenvalue weighted by molar-refractivity contribution is 7.92. The Balaban J connectivity index is 1.62. The molecule has 0 saturated heterocycles. The quantitative estimate of drug-likeness (QED) is 0.532. The van der Waals surface area contributed by atoms with Gasteiger partial charge in [0.05, 0.1) is 16.1 Å². The highest BCUT2D eigenvalue weighted by atomic mass is 32.2. The van der Waals surface area contributed by atoms with Crippen LogP contribution in [0.4, 0.5) is 4.39 Å². The van der Waals surface area contributed by atoms with Crippen molar-refractivity contribution in [2.24, 2.45) is 0 Å². The van der Waals surface area contributed by atoms with Crippen molar-refractivity contribution in [2.45, 2.75) is 15.0 Å². The maximum Gasteiger partial charge on any atom is 0.240 e. The van der Waals surface area contributed by atoms with Gasteiger partial charge in [0.25, 0.3) is 0 Å². The van der Waals surface area contributed by atoms with Crippen molar-refractivity contribution < 1.29 is 35.1 Å². The summed E-state index contributed by atoms with van der Waals surface area (Å²) in [6, 6.07) is 11.3. The Morgan fingerprint density at radius 1 is 0.903 bits per heavy atom. The van der Waals surface area contributed by atoms with Crippen LogP contribution < -0.4 is 14.2 Å². The Morgan fingerprint density at radius 3 is 2.26 bits per heavy atom. The number of sulfonamides is 1. The Kier molecular flexibility index (Phi) is 5.73. The van der Waals surface area contributed by atoms with E-state index in [2.05, 4.69) is 4.72 Å². The lowest BCUT2D eigenvalue weighted by Crippen LogP contribution is -2.32. The Bertz CT molecular complexity index is 1270. The van der Waals surface area contributed by atoms with Gasteiger partial charge in [-0.3, -0.25) is 0 Å². The largest absolute Gasteiger partial charge is 0.486 e. The van der Waals surface area contributed by atoms with Crippen molar-refractivity contribution in [3.05, 3.63) is 72.4 Å². The monoisotopic (exact) mass is 467 g/mol. The molecule has 0 radical (unpaired) electrons. The molecule has 0 saturated carbocycles. The molecule has 0 unspecified atom stereocenters. The zero-order chi connectivity index (χ0) is 22.1. The molecule has 0 aliphatic carbocycles. The average Bonchev–Trinajstić information content (AvgIpc) is 3.28. The van der Waals surface area contributed by atoms with Gasteiger partial charge in [-0.1, -0.05) is 0 Å². The van der Waals surface area contributed by atoms with Crippen LogP contribution in [0.15, 0.2) is 75.1 Å². The molecule has 2 aromatic carbocycles. The van der Waals surface area contributed by atoms with E-state index in [1.807, 2.05) is 0 Å². The predicted molar refractivity (Wildman–Crippen MR) is 108 cm³/mol. The molecule has 8 nitrogen and oxygen atoms in total. The van der Waals surface area contributed by atoms with Crippen LogP contribution in [-0.2, 0) is 19.9 Å². The lowest BCUT2D eigenvalue weighted by atomic mass is 10.3. The van der Waals surface area contributed by atoms with Crippen LogP contribution in [0.2, 0.25) is 0 Å². The molecular weight excluding hydrogens is 449 g/mol. The van der Waals surface area contributed by atoms with Gasteiger partial charge in [-0.25, -0.2) is 25.9 Å². The second-order valence-electron chi connectivity index (χ2n) is 6.66. The van der Waals surface area contributed by atoms with Gasteiger partial charge in [0.1, 0.15) is 30.0 Å². The third-order valence-corrected chi connectivity index (χ3v) is 8.16. The molecule has 11 heteroatoms. The van der Waals surface area contributed by atoms with Gasteiger partial charge in [0.15, 0.2) is 21.3 Å². The summed E-state index contributed by atoms with van der Waals surface area (Å²) < 4.78 is 83.5. The van der Waals surface area contributed by atoms with E-state index < -0.39 is 37.5 Å². The van der Waals surface area contributed by atoms with Gasteiger partial charge >= 0.3 is 0 Å². The molecule has 0 bridgehead atoms. The van der Waals surface area contributed by atoms with Crippen LogP contribution in [0.5, 0.6) is 11.5 Å². The lowest BCUT2D eigenvalue weighted by molar-refractivity contribution is 0.171. The summed E-state index contributed by atoms with van der Waals surface area (Å²) in [6.07, 6.45) is 1.29. The van der Waals surface area contributed by atoms with E-state index in [-0.39, 0.29) is 21.3 Å². The standard InChI is InChI=1S/C20H18FNO7S2/c21-14-3-5-15(6-4-14)30(23,24)20(18-2-1-9-27-18)13-22-31(25,26)16-7-8-17-19(12-16)29-11-10-28-17/h1-9,12,20,22H,10-11,13H2/t20-/m0/s1. The fourth-order valence-corrected chi connectivity index (χ4v) is 5.84. The third-order valence-electron chi connectivity index (χ3n) is 4.66. The first-order valence-corrected chi connectivity index (χ1v) is 12.2. The first-order chi connectivity index (χ1) is 14.8. The number of hydrogen-bond donors (Lipinski definition) is 1. The van der Waals surface area contributed by atoms with Crippen LogP contribution >= 0.6 is 0 Å². The van der Waals surface area contributed by atoms with E-state index in [9.17, 15) is 21.2 Å². The smallest absolute Gasteiger partial charge is 0.240 e. The first-order valence-electron chi connectivity index (χ1n) is 9.19. The predicted octanol–water partition coefficient (Wildman–Crippen LogP) is 2.68. The van der Waals surface area contributed by atoms with Gasteiger partial charge in [-0.15, -0.1) is 0 Å². The number of furan rings is 1. The van der Waals surface area contributed by atoms with Crippen molar-refractivity contribution in [2.75, 3.05) is 19.8 Å². The highest BCUT2D eigenvalue weighted by Gasteiger charge is 2.33. The SMILES string of the molecule is O=S(=O)(NC[C@@H](c1ccco1)S(=O)(=O)c1ccc(F)cc1)c1ccc2c(c1)OCCO2. The van der Waals surface area contributed by atoms with Crippen LogP contribution in [0.1, 0.15) is 11.0 Å². The van der Waals surface area contributed by atoms with E-state index in [0.717, 1.165) is 24.3 Å². The second-order valence-corrected chi connectivity index (χ2v) is 10.6. The third kappa shape index (κ3) is 4.43. The van der Waals surface area contributed by atoms with Crippen LogP contribution in [0.3, 0.4) is 0 Å². The number of sulfone groups is 1. The summed E-state index contributed by atoms with van der Waals surface area (Å²) in [5.41, 5.74) is 0. The number of fused-ring (bicyclic) bond motifs is 1. The minimum absolute atomic E-state index is 0.0502. The highest BCUT2D eigenvalue weighted by Crippen LogP contribution is 2.33. The molecule has 1 aliphatic heterocycles. The normalized spacial score (nSPS) is 14.9. The molecule has 31 heavy (non-hydrogen) atoms. The Hall–Kier alpha value is -2.89. The number of halogens is 1. The van der Waals surface area contributed by atoms with Crippen molar-refractivity contribution in [1.29, 1.82) is 0 Å². The van der Waals surface area contributed by atoms with E-state index in [1.165, 1.54) is 36.6 Å². The van der Waals surface area contributed by atoms with Crippen LogP contribution in [0, 0.1) is 5.82 Å². The molecule has 0 amide bonds. The van der Waals surface area contributed by atoms with Gasteiger partial charge in [-0.05, 0) is 48.5 Å². The molecule has 1 atom stereocenters. The van der Waals surface area contributed by atoms with E-state index in [4.69, 9.17) is 13.9 Å². The number of benzene rings is 2. The summed E-state index contributed by atoms with van der Waals surface area (Å²) >= 11 is 0. The molecule has 1 aromatic heterocycles. The van der Waals surface area contributed by atoms with Gasteiger partial charge in [0.2, 0.25) is 10.0 Å². The van der Waals surface area contributed by atoms with Crippen molar-refractivity contribution in [3.8, 4) is 11.5 Å². The first kappa shape index (κ1) is 21.3. The van der Waals surface area contributed by atoms with Crippen molar-refractivity contribution in [3.63, 3.8) is 0 Å². The molecule has 164 valence electrons. The summed E-state index contributed by atoms with van der Waals surface area (Å²) in [5.74, 6) is 0.176. The minimum atomic E-state index is -4.09. The zero-order valence-corrected chi connectivity index (χ0v) is 17.7. The summed E-state index contributed by atoms with van der Waals surface area (Å²) in [7, 11) is -8.17. The summed E-state index contributed by atoms with van der Waals surface area (Å²) in [5, 5.41) is -1.36. The van der Waals surface area contributed by atoms with E-state index >= 15 is 0 Å². The molecule has 3 aromatic rings. The van der Waals surface area contributed by atoms with Crippen molar-refractivity contribution in [1.82, 2.24) is 4.72 Å². The van der Waals surface area contributed by atoms with Crippen LogP contribution in [0.25, 0.3) is 0 Å². The Morgan fingerprint density at radius 2 is 1.58 bits per heavy atom. The zero-order valence-electron chi connectivity index (χ0n) is 16.0. The summed E-state index contributed by atoms with van der Waals surface area (Å²) in [4.78, 5) is -0.261. The Labute approximate surface area is 178 Å². The van der Waals surface area contributed by atoms with Gasteiger partial charge in [0, 0.05) is 12.6 Å². The van der Waals surface area contributed by atoms with Gasteiger partial charge < -0.3 is 13.9 Å². The number of rotatable bonds is 7. The number of hydrogen-bond acceptors (Lipinski definition) is 7. The van der Waals surface area contributed by atoms with E-state index in [0.29, 0.717) is 19.0 Å². The fraction of sp³-hybridized carbons (Fsp3) is 0.200. The van der Waals surface area contributed by atoms with Crippen LogP contribution in [-0.4, -0.2) is 36.6 Å². The molecular formula is C20H18FNO7S2. The lowest BCUT2D eigenvalue weighted by Gasteiger charge is -2.20. The molecule has 2 heterocycles. The number of ether oxygens (including phenoxy) is 2. The van der Waals surface area contributed by atoms with Gasteiger partial charge in [-0.2, -0.15) is 0 Å². The van der Waals surface area contributed by atoms with Crippen molar-refractivity contribution >= 4 is 19.9 Å². The van der Waals surface area contributed by atoms with E-state index in [1.54, 1.807) is 0 Å². The molecule has 4 rings (SSSR count). The maximum absolute atomic E-state index is 13.2. The molecule has 1 aliphatic rings. The minimum Gasteiger partial charge on any atom is -0.486 e. The second kappa shape index (κ2) is 8.33.